The van der Waals surface area contributed by atoms with Crippen LogP contribution in [0.15, 0.2) is 48.5 Å². The molecule has 0 aliphatic heterocycles. The van der Waals surface area contributed by atoms with Gasteiger partial charge in [-0.25, -0.2) is 0 Å². The first-order valence-electron chi connectivity index (χ1n) is 8.18. The summed E-state index contributed by atoms with van der Waals surface area (Å²) in [7, 11) is 1.06. The zero-order chi connectivity index (χ0) is 20.7. The zero-order valence-electron chi connectivity index (χ0n) is 15.0. The number of methoxy groups -OCH3 is 1. The molecule has 0 heterocycles. The number of nitro benzene ring substituents is 1. The SMILES string of the molecule is COC(=O)CC(O)(C(=O)NCc1ccccc1)c1cccc(C=O)c1[N+](=O)[O-]. The van der Waals surface area contributed by atoms with Crippen LogP contribution in [0, 0.1) is 10.1 Å². The van der Waals surface area contributed by atoms with E-state index >= 15 is 0 Å². The van der Waals surface area contributed by atoms with Crippen LogP contribution in [0.4, 0.5) is 5.69 Å². The highest BCUT2D eigenvalue weighted by atomic mass is 16.6. The van der Waals surface area contributed by atoms with Gasteiger partial charge in [0.1, 0.15) is 0 Å². The number of aliphatic hydroxyl groups is 1. The molecule has 146 valence electrons. The summed E-state index contributed by atoms with van der Waals surface area (Å²) in [5.41, 5.74) is -3.45. The lowest BCUT2D eigenvalue weighted by molar-refractivity contribution is -0.386. The molecule has 2 aromatic rings. The number of nitrogens with zero attached hydrogens (tertiary/aromatic N) is 1. The molecule has 28 heavy (non-hydrogen) atoms. The molecule has 2 rings (SSSR count). The number of ether oxygens (including phenoxy) is 1. The number of aldehydes is 1. The third-order valence-electron chi connectivity index (χ3n) is 4.12. The van der Waals surface area contributed by atoms with Gasteiger partial charge in [0.15, 0.2) is 11.9 Å². The van der Waals surface area contributed by atoms with E-state index < -0.39 is 40.1 Å². The summed E-state index contributed by atoms with van der Waals surface area (Å²) in [5.74, 6) is -1.99. The number of esters is 1. The molecule has 0 spiro atoms. The van der Waals surface area contributed by atoms with E-state index in [9.17, 15) is 29.6 Å². The smallest absolute Gasteiger partial charge is 0.309 e. The van der Waals surface area contributed by atoms with Gasteiger partial charge in [-0.05, 0) is 17.7 Å². The number of hydrogen-bond donors (Lipinski definition) is 2. The Kier molecular flexibility index (Phi) is 6.56. The lowest BCUT2D eigenvalue weighted by atomic mass is 9.86. The van der Waals surface area contributed by atoms with E-state index in [-0.39, 0.29) is 18.4 Å². The minimum atomic E-state index is -2.61. The molecule has 2 N–H and O–H groups in total. The van der Waals surface area contributed by atoms with Gasteiger partial charge in [0.2, 0.25) is 0 Å². The largest absolute Gasteiger partial charge is 0.469 e. The molecule has 0 saturated heterocycles. The maximum absolute atomic E-state index is 12.8. The number of nitrogens with one attached hydrogen (secondary N) is 1. The summed E-state index contributed by atoms with van der Waals surface area (Å²) >= 11 is 0. The van der Waals surface area contributed by atoms with Gasteiger partial charge in [0.25, 0.3) is 11.6 Å². The number of carbonyl (C=O) groups excluding carboxylic acids is 3. The van der Waals surface area contributed by atoms with Gasteiger partial charge < -0.3 is 15.2 Å². The van der Waals surface area contributed by atoms with Crippen molar-refractivity contribution < 1.29 is 29.2 Å². The maximum atomic E-state index is 12.8. The predicted octanol–water partition coefficient (Wildman–Crippen LogP) is 1.47. The van der Waals surface area contributed by atoms with Gasteiger partial charge in [-0.1, -0.05) is 36.4 Å². The van der Waals surface area contributed by atoms with Crippen LogP contribution < -0.4 is 5.32 Å². The maximum Gasteiger partial charge on any atom is 0.309 e. The van der Waals surface area contributed by atoms with Crippen LogP contribution in [0.25, 0.3) is 0 Å². The second kappa shape index (κ2) is 8.87. The number of rotatable bonds is 8. The monoisotopic (exact) mass is 386 g/mol. The predicted molar refractivity (Wildman–Crippen MR) is 97.3 cm³/mol. The van der Waals surface area contributed by atoms with Crippen LogP contribution in [0.1, 0.15) is 27.9 Å². The summed E-state index contributed by atoms with van der Waals surface area (Å²) in [6, 6.07) is 12.3. The number of amides is 1. The quantitative estimate of drug-likeness (QED) is 0.303. The minimum Gasteiger partial charge on any atom is -0.469 e. The Hall–Kier alpha value is -3.59. The zero-order valence-corrected chi connectivity index (χ0v) is 15.0. The Morgan fingerprint density at radius 2 is 1.89 bits per heavy atom. The first-order chi connectivity index (χ1) is 13.3. The van der Waals surface area contributed by atoms with Crippen molar-refractivity contribution in [3.05, 3.63) is 75.3 Å². The molecule has 9 nitrogen and oxygen atoms in total. The Morgan fingerprint density at radius 1 is 1.21 bits per heavy atom. The lowest BCUT2D eigenvalue weighted by Gasteiger charge is -2.26. The van der Waals surface area contributed by atoms with Gasteiger partial charge in [-0.15, -0.1) is 0 Å². The second-order valence-corrected chi connectivity index (χ2v) is 5.90. The van der Waals surface area contributed by atoms with Crippen molar-refractivity contribution in [2.75, 3.05) is 7.11 Å². The molecule has 0 aromatic heterocycles. The number of hydrogen-bond acceptors (Lipinski definition) is 7. The van der Waals surface area contributed by atoms with Crippen LogP contribution in [0.2, 0.25) is 0 Å². The highest BCUT2D eigenvalue weighted by Crippen LogP contribution is 2.35. The van der Waals surface area contributed by atoms with E-state index in [1.807, 2.05) is 0 Å². The molecule has 1 amide bonds. The molecular formula is C19H18N2O7. The second-order valence-electron chi connectivity index (χ2n) is 5.90. The van der Waals surface area contributed by atoms with Crippen molar-refractivity contribution in [2.45, 2.75) is 18.6 Å². The normalized spacial score (nSPS) is 12.5. The van der Waals surface area contributed by atoms with Crippen molar-refractivity contribution in [1.29, 1.82) is 0 Å². The van der Waals surface area contributed by atoms with Gasteiger partial charge >= 0.3 is 5.97 Å². The average molecular weight is 386 g/mol. The number of benzene rings is 2. The molecule has 9 heteroatoms. The molecular weight excluding hydrogens is 368 g/mol. The van der Waals surface area contributed by atoms with Crippen molar-refractivity contribution in [3.8, 4) is 0 Å². The van der Waals surface area contributed by atoms with E-state index in [1.54, 1.807) is 30.3 Å². The van der Waals surface area contributed by atoms with E-state index in [2.05, 4.69) is 10.1 Å². The van der Waals surface area contributed by atoms with Gasteiger partial charge in [-0.3, -0.25) is 24.5 Å². The highest BCUT2D eigenvalue weighted by Gasteiger charge is 2.45. The third kappa shape index (κ3) is 4.38. The average Bonchev–Trinajstić information content (AvgIpc) is 2.71. The van der Waals surface area contributed by atoms with Crippen molar-refractivity contribution >= 4 is 23.9 Å². The fourth-order valence-electron chi connectivity index (χ4n) is 2.70. The molecule has 0 aliphatic rings. The van der Waals surface area contributed by atoms with Crippen molar-refractivity contribution in [3.63, 3.8) is 0 Å². The fraction of sp³-hybridized carbons (Fsp3) is 0.211. The van der Waals surface area contributed by atoms with Gasteiger partial charge in [0.05, 0.1) is 29.6 Å². The van der Waals surface area contributed by atoms with Crippen LogP contribution in [-0.2, 0) is 26.5 Å². The molecule has 0 bridgehead atoms. The molecule has 2 aromatic carbocycles. The van der Waals surface area contributed by atoms with Crippen LogP contribution in [-0.4, -0.2) is 35.3 Å². The molecule has 0 aliphatic carbocycles. The van der Waals surface area contributed by atoms with E-state index in [0.717, 1.165) is 13.2 Å². The third-order valence-corrected chi connectivity index (χ3v) is 4.12. The number of para-hydroxylation sites is 1. The molecule has 0 saturated carbocycles. The van der Waals surface area contributed by atoms with Crippen molar-refractivity contribution in [2.24, 2.45) is 0 Å². The topological polar surface area (TPSA) is 136 Å². The van der Waals surface area contributed by atoms with E-state index in [1.165, 1.54) is 12.1 Å². The van der Waals surface area contributed by atoms with Crippen molar-refractivity contribution in [1.82, 2.24) is 5.32 Å². The summed E-state index contributed by atoms with van der Waals surface area (Å²) < 4.78 is 4.52. The van der Waals surface area contributed by atoms with Crippen LogP contribution >= 0.6 is 0 Å². The summed E-state index contributed by atoms with van der Waals surface area (Å²) in [4.78, 5) is 46.4. The van der Waals surface area contributed by atoms with E-state index in [4.69, 9.17) is 0 Å². The lowest BCUT2D eigenvalue weighted by Crippen LogP contribution is -2.46. The van der Waals surface area contributed by atoms with Crippen LogP contribution in [0.5, 0.6) is 0 Å². The first kappa shape index (κ1) is 20.7. The summed E-state index contributed by atoms with van der Waals surface area (Å²) in [6.07, 6.45) is -0.630. The molecule has 1 atom stereocenters. The minimum absolute atomic E-state index is 0.0182. The Bertz CT molecular complexity index is 898. The summed E-state index contributed by atoms with van der Waals surface area (Å²) in [6.45, 7) is 0.0182. The fourth-order valence-corrected chi connectivity index (χ4v) is 2.70. The van der Waals surface area contributed by atoms with Gasteiger partial charge in [-0.2, -0.15) is 0 Å². The first-order valence-corrected chi connectivity index (χ1v) is 8.18. The Balaban J connectivity index is 2.49. The van der Waals surface area contributed by atoms with Crippen LogP contribution in [0.3, 0.4) is 0 Å². The molecule has 1 unspecified atom stereocenters. The Labute approximate surface area is 160 Å². The number of nitro groups is 1. The highest BCUT2D eigenvalue weighted by molar-refractivity contribution is 5.93. The van der Waals surface area contributed by atoms with Gasteiger partial charge in [0, 0.05) is 6.54 Å². The standard InChI is InChI=1S/C19H18N2O7/c1-28-16(23)10-19(25,18(24)20-11-13-6-3-2-4-7-13)15-9-5-8-14(12-22)17(15)21(26)27/h2-9,12,25H,10-11H2,1H3,(H,20,24). The Morgan fingerprint density at radius 3 is 2.46 bits per heavy atom. The molecule has 0 radical (unpaired) electrons. The summed E-state index contributed by atoms with van der Waals surface area (Å²) in [5, 5.41) is 25.0. The van der Waals surface area contributed by atoms with E-state index in [0.29, 0.717) is 5.56 Å². The number of carbonyl (C=O) groups is 3. The molecule has 0 fully saturated rings.